The Balaban J connectivity index is 2.29. The van der Waals surface area contributed by atoms with E-state index in [4.69, 9.17) is 9.47 Å². The van der Waals surface area contributed by atoms with Gasteiger partial charge >= 0.3 is 0 Å². The first-order valence-corrected chi connectivity index (χ1v) is 10.2. The van der Waals surface area contributed by atoms with E-state index in [1.807, 2.05) is 25.1 Å². The van der Waals surface area contributed by atoms with Crippen molar-refractivity contribution >= 4 is 27.3 Å². The fourth-order valence-corrected chi connectivity index (χ4v) is 3.50. The Bertz CT molecular complexity index is 912. The van der Waals surface area contributed by atoms with E-state index >= 15 is 0 Å². The van der Waals surface area contributed by atoms with Crippen molar-refractivity contribution in [3.8, 4) is 11.5 Å². The minimum absolute atomic E-state index is 0.314. The summed E-state index contributed by atoms with van der Waals surface area (Å²) in [5.41, 5.74) is 1.96. The highest BCUT2D eigenvalue weighted by Crippen LogP contribution is 2.32. The number of hydrogen-bond acceptors (Lipinski definition) is 5. The Morgan fingerprint density at radius 2 is 1.74 bits per heavy atom. The molecule has 146 valence electrons. The smallest absolute Gasteiger partial charge is 0.245 e. The number of para-hydroxylation sites is 1. The van der Waals surface area contributed by atoms with Gasteiger partial charge in [0.15, 0.2) is 11.5 Å². The number of benzene rings is 2. The van der Waals surface area contributed by atoms with E-state index < -0.39 is 15.9 Å². The number of carbonyl (C=O) groups excluding carboxylic acids is 1. The van der Waals surface area contributed by atoms with Gasteiger partial charge in [-0.15, -0.1) is 0 Å². The molecule has 0 aliphatic heterocycles. The van der Waals surface area contributed by atoms with Crippen molar-refractivity contribution in [3.05, 3.63) is 48.0 Å². The third-order valence-electron chi connectivity index (χ3n) is 4.02. The van der Waals surface area contributed by atoms with Crippen molar-refractivity contribution in [2.24, 2.45) is 0 Å². The number of aryl methyl sites for hydroxylation is 1. The second-order valence-electron chi connectivity index (χ2n) is 5.87. The van der Waals surface area contributed by atoms with Gasteiger partial charge in [-0.3, -0.25) is 9.10 Å². The molecule has 8 heteroatoms. The highest BCUT2D eigenvalue weighted by molar-refractivity contribution is 7.92. The maximum atomic E-state index is 12.5. The van der Waals surface area contributed by atoms with Gasteiger partial charge in [0.25, 0.3) is 0 Å². The number of nitrogens with one attached hydrogen (secondary N) is 1. The molecule has 1 N–H and O–H groups in total. The highest BCUT2D eigenvalue weighted by atomic mass is 32.2. The number of ether oxygens (including phenoxy) is 2. The molecule has 0 spiro atoms. The maximum absolute atomic E-state index is 12.5. The summed E-state index contributed by atoms with van der Waals surface area (Å²) in [7, 11) is -0.740. The van der Waals surface area contributed by atoms with E-state index in [-0.39, 0.29) is 6.54 Å². The van der Waals surface area contributed by atoms with Crippen LogP contribution in [0.3, 0.4) is 0 Å². The molecule has 0 heterocycles. The first kappa shape index (κ1) is 20.6. The van der Waals surface area contributed by atoms with Crippen LogP contribution in [0.15, 0.2) is 42.5 Å². The van der Waals surface area contributed by atoms with E-state index in [0.717, 1.165) is 22.5 Å². The van der Waals surface area contributed by atoms with Crippen molar-refractivity contribution in [3.63, 3.8) is 0 Å². The maximum Gasteiger partial charge on any atom is 0.245 e. The van der Waals surface area contributed by atoms with Gasteiger partial charge in [-0.25, -0.2) is 8.42 Å². The van der Waals surface area contributed by atoms with Crippen LogP contribution in [0.5, 0.6) is 11.5 Å². The van der Waals surface area contributed by atoms with Crippen molar-refractivity contribution in [2.75, 3.05) is 36.6 Å². The first-order chi connectivity index (χ1) is 12.8. The Morgan fingerprint density at radius 1 is 1.07 bits per heavy atom. The van der Waals surface area contributed by atoms with Crippen molar-refractivity contribution < 1.29 is 22.7 Å². The predicted octanol–water partition coefficient (Wildman–Crippen LogP) is 2.67. The van der Waals surface area contributed by atoms with E-state index in [1.165, 1.54) is 20.3 Å². The lowest BCUT2D eigenvalue weighted by molar-refractivity contribution is -0.114. The Labute approximate surface area is 160 Å². The molecule has 2 rings (SSSR count). The van der Waals surface area contributed by atoms with Gasteiger partial charge in [0.2, 0.25) is 15.9 Å². The number of methoxy groups -OCH3 is 2. The van der Waals surface area contributed by atoms with Gasteiger partial charge < -0.3 is 14.8 Å². The number of rotatable bonds is 8. The Morgan fingerprint density at radius 3 is 2.33 bits per heavy atom. The average Bonchev–Trinajstić information content (AvgIpc) is 2.65. The lowest BCUT2D eigenvalue weighted by Crippen LogP contribution is -2.37. The summed E-state index contributed by atoms with van der Waals surface area (Å²) < 4.78 is 36.0. The van der Waals surface area contributed by atoms with E-state index in [0.29, 0.717) is 22.9 Å². The number of hydrogen-bond donors (Lipinski definition) is 1. The summed E-state index contributed by atoms with van der Waals surface area (Å²) in [6.07, 6.45) is 1.80. The normalized spacial score (nSPS) is 11.0. The van der Waals surface area contributed by atoms with Crippen LogP contribution in [0.2, 0.25) is 0 Å². The van der Waals surface area contributed by atoms with Crippen molar-refractivity contribution in [1.29, 1.82) is 0 Å². The van der Waals surface area contributed by atoms with Crippen LogP contribution in [0.1, 0.15) is 12.5 Å². The number of amides is 1. The fourth-order valence-electron chi connectivity index (χ4n) is 2.65. The molecule has 0 aromatic heterocycles. The molecule has 0 atom stereocenters. The lowest BCUT2D eigenvalue weighted by atomic mass is 10.1. The summed E-state index contributed by atoms with van der Waals surface area (Å²) in [6.45, 7) is 1.63. The summed E-state index contributed by atoms with van der Waals surface area (Å²) in [4.78, 5) is 12.5. The Hall–Kier alpha value is -2.74. The lowest BCUT2D eigenvalue weighted by Gasteiger charge is -2.23. The molecule has 0 unspecified atom stereocenters. The van der Waals surface area contributed by atoms with Gasteiger partial charge in [0.1, 0.15) is 6.54 Å². The first-order valence-electron chi connectivity index (χ1n) is 8.37. The molecule has 27 heavy (non-hydrogen) atoms. The quantitative estimate of drug-likeness (QED) is 0.747. The highest BCUT2D eigenvalue weighted by Gasteiger charge is 2.22. The van der Waals surface area contributed by atoms with Gasteiger partial charge in [0, 0.05) is 11.8 Å². The summed E-state index contributed by atoms with van der Waals surface area (Å²) in [5.74, 6) is 0.410. The predicted molar refractivity (Wildman–Crippen MR) is 106 cm³/mol. The molecular weight excluding hydrogens is 368 g/mol. The van der Waals surface area contributed by atoms with E-state index in [9.17, 15) is 13.2 Å². The monoisotopic (exact) mass is 392 g/mol. The van der Waals surface area contributed by atoms with Gasteiger partial charge in [-0.05, 0) is 30.2 Å². The molecule has 0 saturated carbocycles. The standard InChI is InChI=1S/C19H24N2O5S/c1-5-14-8-6-7-9-16(14)20-19(22)13-21(27(4,23)24)15-10-11-17(25-2)18(12-15)26-3/h6-12H,5,13H2,1-4H3,(H,20,22). The van der Waals surface area contributed by atoms with Crippen LogP contribution >= 0.6 is 0 Å². The molecule has 0 aliphatic rings. The minimum Gasteiger partial charge on any atom is -0.493 e. The SMILES string of the molecule is CCc1ccccc1NC(=O)CN(c1ccc(OC)c(OC)c1)S(C)(=O)=O. The largest absolute Gasteiger partial charge is 0.493 e. The third-order valence-corrected chi connectivity index (χ3v) is 5.16. The molecule has 7 nitrogen and oxygen atoms in total. The molecule has 1 amide bonds. The summed E-state index contributed by atoms with van der Waals surface area (Å²) in [5, 5.41) is 2.78. The number of anilines is 2. The molecule has 0 saturated heterocycles. The third kappa shape index (κ3) is 5.13. The molecular formula is C19H24N2O5S. The van der Waals surface area contributed by atoms with Crippen LogP contribution in [-0.2, 0) is 21.2 Å². The molecule has 0 fully saturated rings. The fraction of sp³-hybridized carbons (Fsp3) is 0.316. The van der Waals surface area contributed by atoms with Crippen LogP contribution in [-0.4, -0.2) is 41.3 Å². The van der Waals surface area contributed by atoms with Crippen LogP contribution in [0, 0.1) is 0 Å². The van der Waals surface area contributed by atoms with Crippen molar-refractivity contribution in [1.82, 2.24) is 0 Å². The zero-order valence-electron chi connectivity index (χ0n) is 15.9. The molecule has 0 radical (unpaired) electrons. The number of sulfonamides is 1. The number of nitrogens with zero attached hydrogens (tertiary/aromatic N) is 1. The average molecular weight is 392 g/mol. The van der Waals surface area contributed by atoms with Gasteiger partial charge in [-0.1, -0.05) is 25.1 Å². The van der Waals surface area contributed by atoms with E-state index in [2.05, 4.69) is 5.32 Å². The van der Waals surface area contributed by atoms with Gasteiger partial charge in [-0.2, -0.15) is 0 Å². The van der Waals surface area contributed by atoms with Crippen LogP contribution in [0.25, 0.3) is 0 Å². The van der Waals surface area contributed by atoms with E-state index in [1.54, 1.807) is 18.2 Å². The topological polar surface area (TPSA) is 84.9 Å². The summed E-state index contributed by atoms with van der Waals surface area (Å²) in [6, 6.07) is 12.1. The van der Waals surface area contributed by atoms with Crippen LogP contribution in [0.4, 0.5) is 11.4 Å². The second-order valence-corrected chi connectivity index (χ2v) is 7.77. The second kappa shape index (κ2) is 8.77. The number of carbonyl (C=O) groups is 1. The zero-order valence-corrected chi connectivity index (χ0v) is 16.7. The summed E-state index contributed by atoms with van der Waals surface area (Å²) >= 11 is 0. The molecule has 0 bridgehead atoms. The van der Waals surface area contributed by atoms with Crippen molar-refractivity contribution in [2.45, 2.75) is 13.3 Å². The van der Waals surface area contributed by atoms with Crippen LogP contribution < -0.4 is 19.1 Å². The molecule has 0 aliphatic carbocycles. The minimum atomic E-state index is -3.69. The molecule has 2 aromatic carbocycles. The van der Waals surface area contributed by atoms with Gasteiger partial charge in [0.05, 0.1) is 26.2 Å². The molecule has 2 aromatic rings. The Kier molecular flexibility index (Phi) is 6.68. The zero-order chi connectivity index (χ0) is 20.0.